The zero-order valence-electron chi connectivity index (χ0n) is 15.3. The smallest absolute Gasteiger partial charge is 0.172 e. The molecule has 3 aromatic rings. The van der Waals surface area contributed by atoms with E-state index in [1.165, 1.54) is 42.5 Å². The van der Waals surface area contributed by atoms with Crippen molar-refractivity contribution in [1.29, 1.82) is 0 Å². The maximum absolute atomic E-state index is 14.7. The van der Waals surface area contributed by atoms with Gasteiger partial charge in [-0.25, -0.2) is 13.2 Å². The highest BCUT2D eigenvalue weighted by atomic mass is 19.2. The molecule has 3 aromatic carbocycles. The van der Waals surface area contributed by atoms with Crippen molar-refractivity contribution in [3.8, 4) is 11.5 Å². The van der Waals surface area contributed by atoms with Gasteiger partial charge in [0.25, 0.3) is 0 Å². The predicted molar refractivity (Wildman–Crippen MR) is 106 cm³/mol. The van der Waals surface area contributed by atoms with Crippen LogP contribution in [0.15, 0.2) is 67.3 Å². The summed E-state index contributed by atoms with van der Waals surface area (Å²) in [5, 5.41) is 0.704. The average molecular weight is 384 g/mol. The van der Waals surface area contributed by atoms with Gasteiger partial charge in [0.1, 0.15) is 12.4 Å². The van der Waals surface area contributed by atoms with Gasteiger partial charge in [-0.15, -0.1) is 0 Å². The third kappa shape index (κ3) is 4.03. The van der Waals surface area contributed by atoms with E-state index < -0.39 is 17.5 Å². The molecule has 0 aliphatic carbocycles. The molecule has 0 atom stereocenters. The van der Waals surface area contributed by atoms with Crippen LogP contribution in [0.4, 0.5) is 13.2 Å². The van der Waals surface area contributed by atoms with Gasteiger partial charge in [0.05, 0.1) is 6.61 Å². The van der Waals surface area contributed by atoms with Gasteiger partial charge in [0, 0.05) is 16.5 Å². The first-order valence-electron chi connectivity index (χ1n) is 8.80. The van der Waals surface area contributed by atoms with Gasteiger partial charge in [0.2, 0.25) is 0 Å². The van der Waals surface area contributed by atoms with Crippen LogP contribution in [0.25, 0.3) is 22.4 Å². The summed E-state index contributed by atoms with van der Waals surface area (Å²) >= 11 is 0. The Morgan fingerprint density at radius 3 is 2.29 bits per heavy atom. The maximum atomic E-state index is 14.7. The van der Waals surface area contributed by atoms with E-state index in [2.05, 4.69) is 6.58 Å². The van der Waals surface area contributed by atoms with E-state index in [0.717, 1.165) is 0 Å². The normalized spacial score (nSPS) is 11.9. The molecule has 0 bridgehead atoms. The van der Waals surface area contributed by atoms with E-state index in [1.807, 2.05) is 6.92 Å². The number of benzene rings is 3. The second-order valence-corrected chi connectivity index (χ2v) is 6.00. The van der Waals surface area contributed by atoms with Crippen LogP contribution in [-0.4, -0.2) is 13.2 Å². The molecule has 3 rings (SSSR count). The minimum Gasteiger partial charge on any atom is -0.494 e. The standard InChI is InChI=1S/C23H19F3O2/c1-3-13-28-20-12-8-16-14-17(7-11-19(16)23(20)26)22(25)21(24)15-5-9-18(10-6-15)27-4-2/h3,5-12,14H,1,4,13H2,2H3. The van der Waals surface area contributed by atoms with Crippen LogP contribution < -0.4 is 9.47 Å². The van der Waals surface area contributed by atoms with Crippen molar-refractivity contribution in [3.63, 3.8) is 0 Å². The Hall–Kier alpha value is -3.21. The molecular weight excluding hydrogens is 365 g/mol. The number of ether oxygens (including phenoxy) is 2. The molecule has 0 saturated carbocycles. The lowest BCUT2D eigenvalue weighted by Crippen LogP contribution is -1.96. The summed E-state index contributed by atoms with van der Waals surface area (Å²) in [5.74, 6) is -1.90. The largest absolute Gasteiger partial charge is 0.494 e. The van der Waals surface area contributed by atoms with E-state index in [0.29, 0.717) is 17.7 Å². The van der Waals surface area contributed by atoms with E-state index in [4.69, 9.17) is 9.47 Å². The summed E-state index contributed by atoms with van der Waals surface area (Å²) in [4.78, 5) is 0. The molecule has 5 heteroatoms. The van der Waals surface area contributed by atoms with Gasteiger partial charge in [-0.1, -0.05) is 30.9 Å². The average Bonchev–Trinajstić information content (AvgIpc) is 2.73. The first kappa shape index (κ1) is 19.5. The van der Waals surface area contributed by atoms with Gasteiger partial charge >= 0.3 is 0 Å². The van der Waals surface area contributed by atoms with Crippen molar-refractivity contribution in [2.24, 2.45) is 0 Å². The summed E-state index contributed by atoms with van der Waals surface area (Å²) < 4.78 is 54.3. The number of rotatable bonds is 7. The van der Waals surface area contributed by atoms with Gasteiger partial charge in [-0.05, 0) is 48.7 Å². The van der Waals surface area contributed by atoms with Gasteiger partial charge in [-0.2, -0.15) is 0 Å². The molecule has 144 valence electrons. The summed E-state index contributed by atoms with van der Waals surface area (Å²) in [6.45, 7) is 6.01. The second-order valence-electron chi connectivity index (χ2n) is 6.00. The molecule has 0 heterocycles. The Bertz CT molecular complexity index is 1020. The Labute approximate surface area is 161 Å². The van der Waals surface area contributed by atoms with Gasteiger partial charge in [0.15, 0.2) is 23.2 Å². The summed E-state index contributed by atoms with van der Waals surface area (Å²) in [7, 11) is 0. The van der Waals surface area contributed by atoms with E-state index in [1.54, 1.807) is 18.2 Å². The number of fused-ring (bicyclic) bond motifs is 1. The molecule has 0 N–H and O–H groups in total. The minimum absolute atomic E-state index is 0.0260. The van der Waals surface area contributed by atoms with Crippen LogP contribution in [0.1, 0.15) is 18.1 Å². The molecule has 0 unspecified atom stereocenters. The third-order valence-corrected chi connectivity index (χ3v) is 4.14. The quantitative estimate of drug-likeness (QED) is 0.333. The fourth-order valence-corrected chi connectivity index (χ4v) is 2.79. The number of hydrogen-bond donors (Lipinski definition) is 0. The minimum atomic E-state index is -1.02. The van der Waals surface area contributed by atoms with Crippen LogP contribution in [0.3, 0.4) is 0 Å². The zero-order valence-corrected chi connectivity index (χ0v) is 15.3. The molecule has 0 aliphatic heterocycles. The Morgan fingerprint density at radius 1 is 0.929 bits per heavy atom. The summed E-state index contributed by atoms with van der Waals surface area (Å²) in [6.07, 6.45) is 1.51. The Kier molecular flexibility index (Phi) is 6.04. The molecule has 2 nitrogen and oxygen atoms in total. The highest BCUT2D eigenvalue weighted by Crippen LogP contribution is 2.33. The first-order chi connectivity index (χ1) is 13.5. The van der Waals surface area contributed by atoms with E-state index in [-0.39, 0.29) is 28.9 Å². The highest BCUT2D eigenvalue weighted by Gasteiger charge is 2.14. The Morgan fingerprint density at radius 2 is 1.61 bits per heavy atom. The molecule has 0 fully saturated rings. The maximum Gasteiger partial charge on any atom is 0.172 e. The molecule has 28 heavy (non-hydrogen) atoms. The van der Waals surface area contributed by atoms with E-state index >= 15 is 0 Å². The number of hydrogen-bond acceptors (Lipinski definition) is 2. The molecule has 0 aliphatic rings. The summed E-state index contributed by atoms with van der Waals surface area (Å²) in [6, 6.07) is 13.3. The zero-order chi connectivity index (χ0) is 20.1. The lowest BCUT2D eigenvalue weighted by atomic mass is 10.0. The highest BCUT2D eigenvalue weighted by molar-refractivity contribution is 5.91. The third-order valence-electron chi connectivity index (χ3n) is 4.14. The van der Waals surface area contributed by atoms with Crippen molar-refractivity contribution in [3.05, 3.63) is 84.2 Å². The molecule has 0 aromatic heterocycles. The number of halogens is 3. The van der Waals surface area contributed by atoms with E-state index in [9.17, 15) is 13.2 Å². The van der Waals surface area contributed by atoms with Crippen LogP contribution >= 0.6 is 0 Å². The van der Waals surface area contributed by atoms with Crippen LogP contribution in [0, 0.1) is 5.82 Å². The Balaban J connectivity index is 1.95. The fourth-order valence-electron chi connectivity index (χ4n) is 2.79. The van der Waals surface area contributed by atoms with Gasteiger partial charge in [-0.3, -0.25) is 0 Å². The molecule has 0 saturated heterocycles. The summed E-state index contributed by atoms with van der Waals surface area (Å²) in [5.41, 5.74) is 0.124. The van der Waals surface area contributed by atoms with Crippen molar-refractivity contribution in [2.75, 3.05) is 13.2 Å². The SMILES string of the molecule is C=CCOc1ccc2cc(C(F)=C(F)c3ccc(OCC)cc3)ccc2c1F. The van der Waals surface area contributed by atoms with Crippen molar-refractivity contribution >= 4 is 22.4 Å². The topological polar surface area (TPSA) is 18.5 Å². The lowest BCUT2D eigenvalue weighted by Gasteiger charge is -2.09. The van der Waals surface area contributed by atoms with Crippen molar-refractivity contribution in [1.82, 2.24) is 0 Å². The molecule has 0 amide bonds. The first-order valence-corrected chi connectivity index (χ1v) is 8.80. The molecular formula is C23H19F3O2. The second kappa shape index (κ2) is 8.65. The van der Waals surface area contributed by atoms with Gasteiger partial charge < -0.3 is 9.47 Å². The predicted octanol–water partition coefficient (Wildman–Crippen LogP) is 6.71. The van der Waals surface area contributed by atoms with Crippen LogP contribution in [0.5, 0.6) is 11.5 Å². The lowest BCUT2D eigenvalue weighted by molar-refractivity contribution is 0.340. The fraction of sp³-hybridized carbons (Fsp3) is 0.130. The molecule has 0 radical (unpaired) electrons. The molecule has 0 spiro atoms. The van der Waals surface area contributed by atoms with Crippen LogP contribution in [0.2, 0.25) is 0 Å². The van der Waals surface area contributed by atoms with Crippen molar-refractivity contribution in [2.45, 2.75) is 6.92 Å². The monoisotopic (exact) mass is 384 g/mol. The van der Waals surface area contributed by atoms with Crippen molar-refractivity contribution < 1.29 is 22.6 Å². The van der Waals surface area contributed by atoms with Crippen LogP contribution in [-0.2, 0) is 0 Å².